The lowest BCUT2D eigenvalue weighted by Crippen LogP contribution is -1.94. The average molecular weight is 258 g/mol. The maximum Gasteiger partial charge on any atom is 0.126 e. The molecule has 0 spiro atoms. The largest absolute Gasteiger partial charge is 0.207 e. The highest BCUT2D eigenvalue weighted by Crippen LogP contribution is 2.28. The SMILES string of the molecule is C=C(C)C/C(=C\C)c1ccc(CC)c(/C(F)=C\C)c1. The summed E-state index contributed by atoms with van der Waals surface area (Å²) in [7, 11) is 0. The molecule has 1 aromatic rings. The molecule has 0 aliphatic carbocycles. The van der Waals surface area contributed by atoms with Gasteiger partial charge in [0.2, 0.25) is 0 Å². The molecule has 0 fully saturated rings. The molecule has 1 aromatic carbocycles. The molecule has 0 unspecified atom stereocenters. The molecule has 19 heavy (non-hydrogen) atoms. The Morgan fingerprint density at radius 1 is 1.26 bits per heavy atom. The van der Waals surface area contributed by atoms with Gasteiger partial charge in [-0.2, -0.15) is 0 Å². The van der Waals surface area contributed by atoms with Gasteiger partial charge < -0.3 is 0 Å². The molecule has 1 heteroatoms. The van der Waals surface area contributed by atoms with Crippen LogP contribution in [0, 0.1) is 0 Å². The van der Waals surface area contributed by atoms with Gasteiger partial charge in [-0.15, -0.1) is 0 Å². The zero-order chi connectivity index (χ0) is 14.4. The quantitative estimate of drug-likeness (QED) is 0.572. The topological polar surface area (TPSA) is 0 Å². The van der Waals surface area contributed by atoms with E-state index in [-0.39, 0.29) is 5.83 Å². The number of rotatable bonds is 5. The fourth-order valence-corrected chi connectivity index (χ4v) is 2.16. The summed E-state index contributed by atoms with van der Waals surface area (Å²) in [6.45, 7) is 11.7. The van der Waals surface area contributed by atoms with Crippen LogP contribution in [0.2, 0.25) is 0 Å². The predicted octanol–water partition coefficient (Wildman–Crippen LogP) is 5.95. The maximum atomic E-state index is 13.9. The molecule has 0 radical (unpaired) electrons. The lowest BCUT2D eigenvalue weighted by molar-refractivity contribution is 0.755. The Balaban J connectivity index is 3.28. The van der Waals surface area contributed by atoms with Crippen molar-refractivity contribution in [2.75, 3.05) is 0 Å². The van der Waals surface area contributed by atoms with E-state index in [0.29, 0.717) is 5.56 Å². The van der Waals surface area contributed by atoms with Gasteiger partial charge >= 0.3 is 0 Å². The molecular formula is C18H23F. The van der Waals surface area contributed by atoms with E-state index in [0.717, 1.165) is 29.5 Å². The Morgan fingerprint density at radius 3 is 2.42 bits per heavy atom. The van der Waals surface area contributed by atoms with Crippen LogP contribution < -0.4 is 0 Å². The van der Waals surface area contributed by atoms with E-state index in [9.17, 15) is 4.39 Å². The lowest BCUT2D eigenvalue weighted by Gasteiger charge is -2.12. The predicted molar refractivity (Wildman–Crippen MR) is 83.7 cm³/mol. The Morgan fingerprint density at radius 2 is 1.95 bits per heavy atom. The summed E-state index contributed by atoms with van der Waals surface area (Å²) in [5.41, 5.74) is 5.14. The molecule has 0 nitrogen and oxygen atoms in total. The smallest absolute Gasteiger partial charge is 0.126 e. The van der Waals surface area contributed by atoms with Gasteiger partial charge in [-0.3, -0.25) is 0 Å². The van der Waals surface area contributed by atoms with Crippen molar-refractivity contribution in [1.29, 1.82) is 0 Å². The molecule has 0 saturated carbocycles. The van der Waals surface area contributed by atoms with E-state index >= 15 is 0 Å². The summed E-state index contributed by atoms with van der Waals surface area (Å²) >= 11 is 0. The minimum Gasteiger partial charge on any atom is -0.207 e. The Hall–Kier alpha value is -1.63. The molecule has 0 aromatic heterocycles. The fourth-order valence-electron chi connectivity index (χ4n) is 2.16. The van der Waals surface area contributed by atoms with Crippen LogP contribution in [0.15, 0.2) is 42.5 Å². The molecule has 1 rings (SSSR count). The van der Waals surface area contributed by atoms with Gasteiger partial charge in [0.05, 0.1) is 0 Å². The first-order chi connectivity index (χ1) is 9.03. The van der Waals surface area contributed by atoms with Crippen molar-refractivity contribution >= 4 is 11.4 Å². The minimum atomic E-state index is -0.149. The van der Waals surface area contributed by atoms with Crippen LogP contribution in [0.4, 0.5) is 4.39 Å². The zero-order valence-electron chi connectivity index (χ0n) is 12.4. The maximum absolute atomic E-state index is 13.9. The summed E-state index contributed by atoms with van der Waals surface area (Å²) in [6, 6.07) is 6.05. The number of benzene rings is 1. The van der Waals surface area contributed by atoms with Gasteiger partial charge in [0, 0.05) is 5.56 Å². The molecule has 0 atom stereocenters. The Labute approximate surface area is 116 Å². The van der Waals surface area contributed by atoms with Crippen molar-refractivity contribution in [2.45, 2.75) is 40.5 Å². The van der Waals surface area contributed by atoms with E-state index < -0.39 is 0 Å². The molecule has 0 saturated heterocycles. The standard InChI is InChI=1S/C18H23F/c1-6-14-9-10-16(12-17(14)18(19)8-3)15(7-2)11-13(4)5/h7-10,12H,4,6,11H2,1-3,5H3/b15-7+,18-8+. The molecule has 0 aliphatic rings. The van der Waals surface area contributed by atoms with E-state index in [1.165, 1.54) is 11.6 Å². The van der Waals surface area contributed by atoms with Gasteiger partial charge in [0.15, 0.2) is 0 Å². The summed E-state index contributed by atoms with van der Waals surface area (Å²) < 4.78 is 13.9. The minimum absolute atomic E-state index is 0.149. The first-order valence-corrected chi connectivity index (χ1v) is 6.78. The summed E-state index contributed by atoms with van der Waals surface area (Å²) in [5, 5.41) is 0. The second-order valence-corrected chi connectivity index (χ2v) is 4.81. The third kappa shape index (κ3) is 3.92. The third-order valence-electron chi connectivity index (χ3n) is 3.21. The summed E-state index contributed by atoms with van der Waals surface area (Å²) in [6.07, 6.45) is 5.26. The van der Waals surface area contributed by atoms with Crippen LogP contribution in [0.3, 0.4) is 0 Å². The van der Waals surface area contributed by atoms with E-state index in [4.69, 9.17) is 0 Å². The van der Waals surface area contributed by atoms with Gasteiger partial charge in [0.25, 0.3) is 0 Å². The normalized spacial score (nSPS) is 12.7. The summed E-state index contributed by atoms with van der Waals surface area (Å²) in [5.74, 6) is -0.149. The number of aryl methyl sites for hydroxylation is 1. The molecule has 102 valence electrons. The van der Waals surface area contributed by atoms with Crippen LogP contribution in [-0.4, -0.2) is 0 Å². The van der Waals surface area contributed by atoms with E-state index in [1.54, 1.807) is 6.92 Å². The van der Waals surface area contributed by atoms with Gasteiger partial charge in [0.1, 0.15) is 5.83 Å². The molecule has 0 amide bonds. The van der Waals surface area contributed by atoms with Crippen LogP contribution in [0.5, 0.6) is 0 Å². The molecule has 0 N–H and O–H groups in total. The average Bonchev–Trinajstić information content (AvgIpc) is 2.42. The van der Waals surface area contributed by atoms with E-state index in [1.807, 2.05) is 32.9 Å². The zero-order valence-corrected chi connectivity index (χ0v) is 12.4. The van der Waals surface area contributed by atoms with Gasteiger partial charge in [-0.25, -0.2) is 4.39 Å². The molecule has 0 bridgehead atoms. The number of halogens is 1. The van der Waals surface area contributed by atoms with Crippen molar-refractivity contribution in [1.82, 2.24) is 0 Å². The first-order valence-electron chi connectivity index (χ1n) is 6.78. The molecular weight excluding hydrogens is 235 g/mol. The van der Waals surface area contributed by atoms with Crippen molar-refractivity contribution in [2.24, 2.45) is 0 Å². The monoisotopic (exact) mass is 258 g/mol. The highest BCUT2D eigenvalue weighted by molar-refractivity contribution is 5.72. The van der Waals surface area contributed by atoms with Gasteiger partial charge in [-0.05, 0) is 56.4 Å². The molecule has 0 aliphatic heterocycles. The number of hydrogen-bond donors (Lipinski definition) is 0. The van der Waals surface area contributed by atoms with Crippen molar-refractivity contribution in [3.63, 3.8) is 0 Å². The second-order valence-electron chi connectivity index (χ2n) is 4.81. The first kappa shape index (κ1) is 15.4. The van der Waals surface area contributed by atoms with Crippen LogP contribution in [0.25, 0.3) is 11.4 Å². The van der Waals surface area contributed by atoms with Crippen molar-refractivity contribution in [3.05, 3.63) is 59.2 Å². The van der Waals surface area contributed by atoms with Crippen molar-refractivity contribution in [3.8, 4) is 0 Å². The summed E-state index contributed by atoms with van der Waals surface area (Å²) in [4.78, 5) is 0. The van der Waals surface area contributed by atoms with Crippen LogP contribution >= 0.6 is 0 Å². The fraction of sp³-hybridized carbons (Fsp3) is 0.333. The highest BCUT2D eigenvalue weighted by Gasteiger charge is 2.09. The second kappa shape index (κ2) is 7.08. The van der Waals surface area contributed by atoms with Gasteiger partial charge in [-0.1, -0.05) is 43.4 Å². The Bertz CT molecular complexity index is 518. The lowest BCUT2D eigenvalue weighted by atomic mass is 9.94. The number of hydrogen-bond acceptors (Lipinski definition) is 0. The number of allylic oxidation sites excluding steroid dienone is 4. The van der Waals surface area contributed by atoms with Crippen LogP contribution in [-0.2, 0) is 6.42 Å². The van der Waals surface area contributed by atoms with Crippen LogP contribution in [0.1, 0.15) is 50.8 Å². The highest BCUT2D eigenvalue weighted by atomic mass is 19.1. The Kier molecular flexibility index (Phi) is 5.75. The van der Waals surface area contributed by atoms with E-state index in [2.05, 4.69) is 18.7 Å². The van der Waals surface area contributed by atoms with Crippen molar-refractivity contribution < 1.29 is 4.39 Å². The molecule has 0 heterocycles. The third-order valence-corrected chi connectivity index (χ3v) is 3.21.